The van der Waals surface area contributed by atoms with Crippen LogP contribution in [-0.4, -0.2) is 37.6 Å². The molecule has 0 spiro atoms. The lowest BCUT2D eigenvalue weighted by atomic mass is 9.90. The topological polar surface area (TPSA) is 15.3 Å². The summed E-state index contributed by atoms with van der Waals surface area (Å²) in [6.45, 7) is 10.8. The smallest absolute Gasteiger partial charge is 0.00670 e. The lowest BCUT2D eigenvalue weighted by molar-refractivity contribution is 0.211. The van der Waals surface area contributed by atoms with E-state index in [1.54, 1.807) is 0 Å². The first-order chi connectivity index (χ1) is 6.61. The normalized spacial score (nSPS) is 30.9. The molecule has 2 heteroatoms. The number of nitrogens with zero attached hydrogens (tertiary/aromatic N) is 1. The van der Waals surface area contributed by atoms with Crippen molar-refractivity contribution in [1.82, 2.24) is 10.2 Å². The van der Waals surface area contributed by atoms with Crippen LogP contribution in [-0.2, 0) is 0 Å². The van der Waals surface area contributed by atoms with Gasteiger partial charge in [-0.15, -0.1) is 0 Å². The van der Waals surface area contributed by atoms with Crippen LogP contribution in [0.15, 0.2) is 0 Å². The standard InChI is InChI=1S/C12H26N2/c1-5-6-11(2)14-8-7-12(3,10-14)9-13-4/h11,13H,5-10H2,1-4H3. The Hall–Kier alpha value is -0.0800. The first-order valence-electron chi connectivity index (χ1n) is 6.00. The van der Waals surface area contributed by atoms with Gasteiger partial charge < -0.3 is 10.2 Å². The van der Waals surface area contributed by atoms with Crippen molar-refractivity contribution in [1.29, 1.82) is 0 Å². The van der Waals surface area contributed by atoms with Crippen LogP contribution in [0.25, 0.3) is 0 Å². The zero-order valence-electron chi connectivity index (χ0n) is 10.3. The summed E-state index contributed by atoms with van der Waals surface area (Å²) in [6, 6.07) is 0.777. The monoisotopic (exact) mass is 198 g/mol. The van der Waals surface area contributed by atoms with Gasteiger partial charge >= 0.3 is 0 Å². The fourth-order valence-corrected chi connectivity index (χ4v) is 2.61. The van der Waals surface area contributed by atoms with E-state index in [2.05, 4.69) is 38.0 Å². The molecule has 0 aromatic heterocycles. The van der Waals surface area contributed by atoms with E-state index in [9.17, 15) is 0 Å². The first kappa shape index (κ1) is 12.0. The minimum Gasteiger partial charge on any atom is -0.319 e. The van der Waals surface area contributed by atoms with Crippen molar-refractivity contribution in [3.63, 3.8) is 0 Å². The molecule has 0 aliphatic carbocycles. The SMILES string of the molecule is CCCC(C)N1CCC(C)(CNC)C1. The summed E-state index contributed by atoms with van der Waals surface area (Å²) >= 11 is 0. The molecule has 0 radical (unpaired) electrons. The average Bonchev–Trinajstić information content (AvgIpc) is 2.49. The van der Waals surface area contributed by atoms with Gasteiger partial charge in [0.25, 0.3) is 0 Å². The van der Waals surface area contributed by atoms with Gasteiger partial charge in [-0.05, 0) is 38.8 Å². The van der Waals surface area contributed by atoms with Crippen LogP contribution in [0.1, 0.15) is 40.0 Å². The van der Waals surface area contributed by atoms with Gasteiger partial charge in [0.2, 0.25) is 0 Å². The Balaban J connectivity index is 2.39. The Kier molecular flexibility index (Phi) is 4.39. The summed E-state index contributed by atoms with van der Waals surface area (Å²) in [7, 11) is 2.06. The van der Waals surface area contributed by atoms with Crippen molar-refractivity contribution >= 4 is 0 Å². The molecular formula is C12H26N2. The van der Waals surface area contributed by atoms with Gasteiger partial charge in [-0.1, -0.05) is 20.3 Å². The van der Waals surface area contributed by atoms with Gasteiger partial charge in [0.15, 0.2) is 0 Å². The van der Waals surface area contributed by atoms with Crippen LogP contribution < -0.4 is 5.32 Å². The minimum absolute atomic E-state index is 0.511. The lowest BCUT2D eigenvalue weighted by Gasteiger charge is -2.27. The molecule has 1 N–H and O–H groups in total. The molecule has 14 heavy (non-hydrogen) atoms. The van der Waals surface area contributed by atoms with Crippen molar-refractivity contribution in [3.05, 3.63) is 0 Å². The second kappa shape index (κ2) is 5.13. The molecule has 0 amide bonds. The molecule has 0 bridgehead atoms. The molecule has 1 saturated heterocycles. The van der Waals surface area contributed by atoms with Gasteiger partial charge in [-0.2, -0.15) is 0 Å². The maximum Gasteiger partial charge on any atom is 0.00670 e. The predicted molar refractivity (Wildman–Crippen MR) is 62.6 cm³/mol. The zero-order valence-corrected chi connectivity index (χ0v) is 10.3. The minimum atomic E-state index is 0.511. The van der Waals surface area contributed by atoms with E-state index in [1.807, 2.05) is 0 Å². The summed E-state index contributed by atoms with van der Waals surface area (Å²) in [5.41, 5.74) is 0.511. The molecule has 84 valence electrons. The highest BCUT2D eigenvalue weighted by Crippen LogP contribution is 2.30. The fraction of sp³-hybridized carbons (Fsp3) is 1.00. The molecule has 1 aliphatic heterocycles. The molecule has 0 aromatic carbocycles. The highest BCUT2D eigenvalue weighted by atomic mass is 15.2. The van der Waals surface area contributed by atoms with E-state index in [-0.39, 0.29) is 0 Å². The Morgan fingerprint density at radius 3 is 2.79 bits per heavy atom. The maximum atomic E-state index is 3.31. The van der Waals surface area contributed by atoms with E-state index in [0.29, 0.717) is 5.41 Å². The predicted octanol–water partition coefficient (Wildman–Crippen LogP) is 2.11. The van der Waals surface area contributed by atoms with Crippen LogP contribution in [0, 0.1) is 5.41 Å². The maximum absolute atomic E-state index is 3.31. The van der Waals surface area contributed by atoms with Crippen molar-refractivity contribution in [3.8, 4) is 0 Å². The lowest BCUT2D eigenvalue weighted by Crippen LogP contribution is -2.36. The van der Waals surface area contributed by atoms with Gasteiger partial charge in [0.05, 0.1) is 0 Å². The van der Waals surface area contributed by atoms with Gasteiger partial charge in [-0.3, -0.25) is 0 Å². The van der Waals surface area contributed by atoms with Crippen LogP contribution in [0.3, 0.4) is 0 Å². The zero-order chi connectivity index (χ0) is 10.6. The van der Waals surface area contributed by atoms with E-state index in [4.69, 9.17) is 0 Å². The summed E-state index contributed by atoms with van der Waals surface area (Å²) < 4.78 is 0. The molecule has 1 aliphatic rings. The van der Waals surface area contributed by atoms with Crippen LogP contribution in [0.2, 0.25) is 0 Å². The van der Waals surface area contributed by atoms with Crippen molar-refractivity contribution < 1.29 is 0 Å². The third-order valence-electron chi connectivity index (χ3n) is 3.52. The van der Waals surface area contributed by atoms with Crippen molar-refractivity contribution in [2.24, 2.45) is 5.41 Å². The van der Waals surface area contributed by atoms with E-state index in [0.717, 1.165) is 12.6 Å². The second-order valence-corrected chi connectivity index (χ2v) is 5.20. The molecule has 2 unspecified atom stereocenters. The van der Waals surface area contributed by atoms with Gasteiger partial charge in [0, 0.05) is 19.1 Å². The summed E-state index contributed by atoms with van der Waals surface area (Å²) in [4.78, 5) is 2.65. The number of likely N-dealkylation sites (tertiary alicyclic amines) is 1. The molecule has 2 nitrogen and oxygen atoms in total. The number of hydrogen-bond acceptors (Lipinski definition) is 2. The molecule has 1 heterocycles. The third kappa shape index (κ3) is 2.96. The average molecular weight is 198 g/mol. The quantitative estimate of drug-likeness (QED) is 0.728. The van der Waals surface area contributed by atoms with Gasteiger partial charge in [0.1, 0.15) is 0 Å². The van der Waals surface area contributed by atoms with Crippen molar-refractivity contribution in [2.45, 2.75) is 46.1 Å². The first-order valence-corrected chi connectivity index (χ1v) is 6.00. The molecular weight excluding hydrogens is 172 g/mol. The highest BCUT2D eigenvalue weighted by molar-refractivity contribution is 4.89. The Morgan fingerprint density at radius 2 is 2.21 bits per heavy atom. The summed E-state index contributed by atoms with van der Waals surface area (Å²) in [5.74, 6) is 0. The number of nitrogens with one attached hydrogen (secondary N) is 1. The van der Waals surface area contributed by atoms with E-state index >= 15 is 0 Å². The highest BCUT2D eigenvalue weighted by Gasteiger charge is 2.34. The van der Waals surface area contributed by atoms with Crippen molar-refractivity contribution in [2.75, 3.05) is 26.7 Å². The largest absolute Gasteiger partial charge is 0.319 e. The second-order valence-electron chi connectivity index (χ2n) is 5.20. The Bertz CT molecular complexity index is 170. The Morgan fingerprint density at radius 1 is 1.50 bits per heavy atom. The molecule has 1 fully saturated rings. The summed E-state index contributed by atoms with van der Waals surface area (Å²) in [5, 5.41) is 3.31. The van der Waals surface area contributed by atoms with E-state index < -0.39 is 0 Å². The molecule has 0 aromatic rings. The fourth-order valence-electron chi connectivity index (χ4n) is 2.61. The molecule has 0 saturated carbocycles. The van der Waals surface area contributed by atoms with E-state index in [1.165, 1.54) is 32.4 Å². The van der Waals surface area contributed by atoms with Crippen LogP contribution in [0.4, 0.5) is 0 Å². The number of hydrogen-bond donors (Lipinski definition) is 1. The van der Waals surface area contributed by atoms with Crippen LogP contribution in [0.5, 0.6) is 0 Å². The van der Waals surface area contributed by atoms with Crippen LogP contribution >= 0.6 is 0 Å². The molecule has 2 atom stereocenters. The molecule has 1 rings (SSSR count). The Labute approximate surface area is 89.1 Å². The summed E-state index contributed by atoms with van der Waals surface area (Å²) in [6.07, 6.45) is 4.00. The third-order valence-corrected chi connectivity index (χ3v) is 3.52. The number of rotatable bonds is 5. The van der Waals surface area contributed by atoms with Gasteiger partial charge in [-0.25, -0.2) is 0 Å².